The zero-order chi connectivity index (χ0) is 20.3. The van der Waals surface area contributed by atoms with Crippen molar-refractivity contribution in [1.82, 2.24) is 5.32 Å². The Hall–Kier alpha value is -2.83. The van der Waals surface area contributed by atoms with Crippen LogP contribution in [0.4, 0.5) is 18.9 Å². The second-order valence-corrected chi connectivity index (χ2v) is 7.05. The van der Waals surface area contributed by atoms with Crippen molar-refractivity contribution in [3.63, 3.8) is 0 Å². The Morgan fingerprint density at radius 1 is 1.11 bits per heavy atom. The minimum atomic E-state index is -4.43. The van der Waals surface area contributed by atoms with Gasteiger partial charge in [-0.1, -0.05) is 30.3 Å². The van der Waals surface area contributed by atoms with E-state index >= 15 is 0 Å². The molecule has 0 aliphatic heterocycles. The molecule has 3 rings (SSSR count). The number of carbonyl (C=O) groups excluding carboxylic acids is 2. The fourth-order valence-electron chi connectivity index (χ4n) is 2.86. The van der Waals surface area contributed by atoms with Gasteiger partial charge in [0.1, 0.15) is 0 Å². The summed E-state index contributed by atoms with van der Waals surface area (Å²) in [6.07, 6.45) is -2.71. The number of rotatable bonds is 6. The normalized spacial score (nSPS) is 15.0. The standard InChI is InChI=1S/C21H21F3N2O2/c1-13(15-7-9-18(10-8-15)26-20(28)16-5-6-16)25-19(27)12-14-3-2-4-17(11-14)21(22,23)24/h2-4,7-11,13,16H,5-6,12H2,1H3,(H,25,27)(H,26,28). The molecular formula is C21H21F3N2O2. The van der Waals surface area contributed by atoms with Crippen molar-refractivity contribution in [2.75, 3.05) is 5.32 Å². The Bertz CT molecular complexity index is 859. The maximum Gasteiger partial charge on any atom is 0.416 e. The third kappa shape index (κ3) is 5.34. The Morgan fingerprint density at radius 2 is 1.79 bits per heavy atom. The van der Waals surface area contributed by atoms with E-state index in [0.29, 0.717) is 11.3 Å². The Labute approximate surface area is 161 Å². The van der Waals surface area contributed by atoms with E-state index in [2.05, 4.69) is 10.6 Å². The lowest BCUT2D eigenvalue weighted by Gasteiger charge is -2.15. The summed E-state index contributed by atoms with van der Waals surface area (Å²) in [5.41, 5.74) is 1.07. The van der Waals surface area contributed by atoms with Crippen LogP contribution >= 0.6 is 0 Å². The van der Waals surface area contributed by atoms with E-state index in [1.54, 1.807) is 31.2 Å². The zero-order valence-corrected chi connectivity index (χ0v) is 15.3. The highest BCUT2D eigenvalue weighted by molar-refractivity contribution is 5.94. The molecule has 2 aromatic carbocycles. The summed E-state index contributed by atoms with van der Waals surface area (Å²) in [5, 5.41) is 5.63. The summed E-state index contributed by atoms with van der Waals surface area (Å²) in [6, 6.07) is 11.6. The van der Waals surface area contributed by atoms with E-state index in [-0.39, 0.29) is 30.2 Å². The summed E-state index contributed by atoms with van der Waals surface area (Å²) in [5.74, 6) is -0.220. The molecule has 1 unspecified atom stereocenters. The molecule has 28 heavy (non-hydrogen) atoms. The van der Waals surface area contributed by atoms with Gasteiger partial charge in [0, 0.05) is 11.6 Å². The van der Waals surface area contributed by atoms with Crippen LogP contribution in [0.3, 0.4) is 0 Å². The first-order chi connectivity index (χ1) is 13.2. The Balaban J connectivity index is 1.55. The molecule has 0 radical (unpaired) electrons. The third-order valence-corrected chi connectivity index (χ3v) is 4.62. The fourth-order valence-corrected chi connectivity index (χ4v) is 2.86. The van der Waals surface area contributed by atoms with Gasteiger partial charge in [-0.3, -0.25) is 9.59 Å². The van der Waals surface area contributed by atoms with Crippen LogP contribution in [0.15, 0.2) is 48.5 Å². The molecule has 4 nitrogen and oxygen atoms in total. The summed E-state index contributed by atoms with van der Waals surface area (Å²) in [4.78, 5) is 24.0. The van der Waals surface area contributed by atoms with Crippen LogP contribution in [0, 0.1) is 5.92 Å². The molecule has 148 valence electrons. The molecule has 0 aromatic heterocycles. The Morgan fingerprint density at radius 3 is 2.39 bits per heavy atom. The zero-order valence-electron chi connectivity index (χ0n) is 15.3. The van der Waals surface area contributed by atoms with Gasteiger partial charge in [0.25, 0.3) is 0 Å². The number of halogens is 3. The van der Waals surface area contributed by atoms with Crippen molar-refractivity contribution in [2.24, 2.45) is 5.92 Å². The molecule has 7 heteroatoms. The highest BCUT2D eigenvalue weighted by Gasteiger charge is 2.30. The topological polar surface area (TPSA) is 58.2 Å². The third-order valence-electron chi connectivity index (χ3n) is 4.62. The summed E-state index contributed by atoms with van der Waals surface area (Å²) >= 11 is 0. The minimum Gasteiger partial charge on any atom is -0.349 e. The first kappa shape index (κ1) is 19.9. The quantitative estimate of drug-likeness (QED) is 0.764. The van der Waals surface area contributed by atoms with Crippen LogP contribution in [0.25, 0.3) is 0 Å². The lowest BCUT2D eigenvalue weighted by molar-refractivity contribution is -0.137. The number of amides is 2. The van der Waals surface area contributed by atoms with Crippen molar-refractivity contribution >= 4 is 17.5 Å². The highest BCUT2D eigenvalue weighted by atomic mass is 19.4. The van der Waals surface area contributed by atoms with Crippen LogP contribution in [-0.2, 0) is 22.2 Å². The van der Waals surface area contributed by atoms with Crippen molar-refractivity contribution in [3.8, 4) is 0 Å². The Kier molecular flexibility index (Phi) is 5.72. The lowest BCUT2D eigenvalue weighted by Crippen LogP contribution is -2.28. The first-order valence-electron chi connectivity index (χ1n) is 9.08. The van der Waals surface area contributed by atoms with Gasteiger partial charge in [0.2, 0.25) is 11.8 Å². The SMILES string of the molecule is CC(NC(=O)Cc1cccc(C(F)(F)F)c1)c1ccc(NC(=O)C2CC2)cc1. The second-order valence-electron chi connectivity index (χ2n) is 7.05. The van der Waals surface area contributed by atoms with Crippen molar-refractivity contribution < 1.29 is 22.8 Å². The number of nitrogens with one attached hydrogen (secondary N) is 2. The molecular weight excluding hydrogens is 369 g/mol. The number of benzene rings is 2. The molecule has 1 saturated carbocycles. The molecule has 1 fully saturated rings. The molecule has 0 spiro atoms. The van der Waals surface area contributed by atoms with Gasteiger partial charge in [-0.05, 0) is 49.1 Å². The van der Waals surface area contributed by atoms with Gasteiger partial charge in [0.15, 0.2) is 0 Å². The number of hydrogen-bond acceptors (Lipinski definition) is 2. The largest absolute Gasteiger partial charge is 0.416 e. The van der Waals surface area contributed by atoms with E-state index in [1.165, 1.54) is 12.1 Å². The molecule has 2 aromatic rings. The van der Waals surface area contributed by atoms with E-state index in [1.807, 2.05) is 0 Å². The van der Waals surface area contributed by atoms with Gasteiger partial charge in [-0.2, -0.15) is 13.2 Å². The van der Waals surface area contributed by atoms with Gasteiger partial charge >= 0.3 is 6.18 Å². The van der Waals surface area contributed by atoms with Crippen molar-refractivity contribution in [3.05, 3.63) is 65.2 Å². The molecule has 0 saturated heterocycles. The highest BCUT2D eigenvalue weighted by Crippen LogP contribution is 2.31. The van der Waals surface area contributed by atoms with Gasteiger partial charge in [-0.25, -0.2) is 0 Å². The van der Waals surface area contributed by atoms with E-state index in [9.17, 15) is 22.8 Å². The molecule has 0 bridgehead atoms. The molecule has 2 amide bonds. The molecule has 1 aliphatic carbocycles. The van der Waals surface area contributed by atoms with Crippen molar-refractivity contribution in [2.45, 2.75) is 38.4 Å². The summed E-state index contributed by atoms with van der Waals surface area (Å²) in [7, 11) is 0. The number of carbonyl (C=O) groups is 2. The average Bonchev–Trinajstić information content (AvgIpc) is 3.47. The maximum absolute atomic E-state index is 12.8. The molecule has 1 atom stereocenters. The second kappa shape index (κ2) is 8.04. The average molecular weight is 390 g/mol. The predicted octanol–water partition coefficient (Wildman–Crippen LogP) is 4.47. The lowest BCUT2D eigenvalue weighted by atomic mass is 10.1. The minimum absolute atomic E-state index is 0.0233. The monoisotopic (exact) mass is 390 g/mol. The van der Waals surface area contributed by atoms with E-state index in [0.717, 1.165) is 30.5 Å². The van der Waals surface area contributed by atoms with E-state index in [4.69, 9.17) is 0 Å². The van der Waals surface area contributed by atoms with Crippen molar-refractivity contribution in [1.29, 1.82) is 0 Å². The van der Waals surface area contributed by atoms with Gasteiger partial charge in [0.05, 0.1) is 18.0 Å². The van der Waals surface area contributed by atoms with Crippen LogP contribution < -0.4 is 10.6 Å². The van der Waals surface area contributed by atoms with E-state index < -0.39 is 11.7 Å². The van der Waals surface area contributed by atoms with Crippen LogP contribution in [0.2, 0.25) is 0 Å². The number of anilines is 1. The smallest absolute Gasteiger partial charge is 0.349 e. The fraction of sp³-hybridized carbons (Fsp3) is 0.333. The first-order valence-corrected chi connectivity index (χ1v) is 9.08. The molecule has 1 aliphatic rings. The number of hydrogen-bond donors (Lipinski definition) is 2. The maximum atomic E-state index is 12.8. The number of alkyl halides is 3. The molecule has 0 heterocycles. The van der Waals surface area contributed by atoms with Crippen LogP contribution in [-0.4, -0.2) is 11.8 Å². The van der Waals surface area contributed by atoms with Gasteiger partial charge < -0.3 is 10.6 Å². The van der Waals surface area contributed by atoms with Crippen LogP contribution in [0.5, 0.6) is 0 Å². The predicted molar refractivity (Wildman–Crippen MR) is 99.5 cm³/mol. The van der Waals surface area contributed by atoms with Crippen LogP contribution in [0.1, 0.15) is 42.5 Å². The molecule has 2 N–H and O–H groups in total. The summed E-state index contributed by atoms with van der Waals surface area (Å²) < 4.78 is 38.3. The van der Waals surface area contributed by atoms with Gasteiger partial charge in [-0.15, -0.1) is 0 Å². The summed E-state index contributed by atoms with van der Waals surface area (Å²) in [6.45, 7) is 1.79.